The standard InChI is InChI=1S/C24H25N3O4S/c1-17-11-12-20(13-18(17)2)14-23(28)26-27-24(29)21-9-6-10-22(15-21)32(30,31)25-16-19-7-4-3-5-8-19/h3-13,15,25H,14,16H2,1-2H3,(H,26,28)(H,27,29). The largest absolute Gasteiger partial charge is 0.273 e. The minimum atomic E-state index is -3.81. The first kappa shape index (κ1) is 23.2. The van der Waals surface area contributed by atoms with Crippen LogP contribution in [0.25, 0.3) is 0 Å². The summed E-state index contributed by atoms with van der Waals surface area (Å²) in [5.74, 6) is -0.992. The monoisotopic (exact) mass is 451 g/mol. The smallest absolute Gasteiger partial charge is 0.269 e. The molecule has 32 heavy (non-hydrogen) atoms. The number of carbonyl (C=O) groups is 2. The molecule has 0 spiro atoms. The molecule has 3 rings (SSSR count). The van der Waals surface area contributed by atoms with Gasteiger partial charge in [-0.15, -0.1) is 0 Å². The van der Waals surface area contributed by atoms with Gasteiger partial charge in [-0.25, -0.2) is 13.1 Å². The number of benzene rings is 3. The molecular weight excluding hydrogens is 426 g/mol. The van der Waals surface area contributed by atoms with Crippen molar-refractivity contribution in [1.82, 2.24) is 15.6 Å². The molecule has 3 N–H and O–H groups in total. The van der Waals surface area contributed by atoms with Crippen molar-refractivity contribution in [2.75, 3.05) is 0 Å². The Bertz CT molecular complexity index is 1230. The number of aryl methyl sites for hydroxylation is 2. The number of amides is 2. The number of hydrogen-bond donors (Lipinski definition) is 3. The van der Waals surface area contributed by atoms with E-state index >= 15 is 0 Å². The van der Waals surface area contributed by atoms with E-state index in [1.165, 1.54) is 24.3 Å². The molecule has 0 aliphatic heterocycles. The van der Waals surface area contributed by atoms with E-state index in [4.69, 9.17) is 0 Å². The van der Waals surface area contributed by atoms with E-state index in [2.05, 4.69) is 15.6 Å². The molecule has 0 heterocycles. The second-order valence-corrected chi connectivity index (χ2v) is 9.20. The van der Waals surface area contributed by atoms with E-state index in [1.54, 1.807) is 0 Å². The molecule has 0 aliphatic carbocycles. The minimum Gasteiger partial charge on any atom is -0.273 e. The number of hydrogen-bond acceptors (Lipinski definition) is 4. The van der Waals surface area contributed by atoms with E-state index in [0.717, 1.165) is 22.3 Å². The molecule has 0 unspecified atom stereocenters. The minimum absolute atomic E-state index is 0.0393. The van der Waals surface area contributed by atoms with Gasteiger partial charge in [0.05, 0.1) is 11.3 Å². The van der Waals surface area contributed by atoms with Crippen molar-refractivity contribution in [3.63, 3.8) is 0 Å². The Hall–Kier alpha value is -3.49. The zero-order chi connectivity index (χ0) is 23.1. The zero-order valence-corrected chi connectivity index (χ0v) is 18.7. The summed E-state index contributed by atoms with van der Waals surface area (Å²) in [5, 5.41) is 0. The van der Waals surface area contributed by atoms with Crippen molar-refractivity contribution in [2.24, 2.45) is 0 Å². The third-order valence-corrected chi connectivity index (χ3v) is 6.37. The molecule has 7 nitrogen and oxygen atoms in total. The van der Waals surface area contributed by atoms with Crippen molar-refractivity contribution in [2.45, 2.75) is 31.7 Å². The lowest BCUT2D eigenvalue weighted by Crippen LogP contribution is -2.42. The van der Waals surface area contributed by atoms with Crippen LogP contribution in [0.3, 0.4) is 0 Å². The van der Waals surface area contributed by atoms with Crippen molar-refractivity contribution in [3.05, 3.63) is 101 Å². The normalized spacial score (nSPS) is 11.1. The van der Waals surface area contributed by atoms with Crippen LogP contribution in [-0.2, 0) is 27.8 Å². The lowest BCUT2D eigenvalue weighted by atomic mass is 10.0. The van der Waals surface area contributed by atoms with Crippen LogP contribution in [0, 0.1) is 13.8 Å². The molecule has 0 saturated carbocycles. The molecule has 3 aromatic rings. The molecule has 0 bridgehead atoms. The number of carbonyl (C=O) groups excluding carboxylic acids is 2. The average molecular weight is 452 g/mol. The first-order valence-electron chi connectivity index (χ1n) is 10.0. The highest BCUT2D eigenvalue weighted by Crippen LogP contribution is 2.13. The van der Waals surface area contributed by atoms with Gasteiger partial charge in [0.25, 0.3) is 5.91 Å². The summed E-state index contributed by atoms with van der Waals surface area (Å²) in [7, 11) is -3.81. The Kier molecular flexibility index (Phi) is 7.40. The topological polar surface area (TPSA) is 104 Å². The van der Waals surface area contributed by atoms with Gasteiger partial charge in [-0.05, 0) is 54.3 Å². The molecule has 3 aromatic carbocycles. The summed E-state index contributed by atoms with van der Waals surface area (Å²) in [5.41, 5.74) is 8.67. The van der Waals surface area contributed by atoms with E-state index < -0.39 is 15.9 Å². The van der Waals surface area contributed by atoms with E-state index in [0.29, 0.717) is 0 Å². The number of sulfonamides is 1. The van der Waals surface area contributed by atoms with E-state index in [1.807, 2.05) is 62.4 Å². The molecular formula is C24H25N3O4S. The van der Waals surface area contributed by atoms with Crippen LogP contribution in [0.15, 0.2) is 77.7 Å². The summed E-state index contributed by atoms with van der Waals surface area (Å²) < 4.78 is 27.7. The summed E-state index contributed by atoms with van der Waals surface area (Å²) in [6.45, 7) is 4.09. The van der Waals surface area contributed by atoms with Gasteiger partial charge < -0.3 is 0 Å². The SMILES string of the molecule is Cc1ccc(CC(=O)NNC(=O)c2cccc(S(=O)(=O)NCc3ccccc3)c2)cc1C. The number of rotatable bonds is 7. The third-order valence-electron chi connectivity index (χ3n) is 4.97. The fraction of sp³-hybridized carbons (Fsp3) is 0.167. The van der Waals surface area contributed by atoms with Gasteiger partial charge in [0, 0.05) is 12.1 Å². The molecule has 8 heteroatoms. The summed E-state index contributed by atoms with van der Waals surface area (Å²) >= 11 is 0. The van der Waals surface area contributed by atoms with E-state index in [-0.39, 0.29) is 29.3 Å². The number of nitrogens with one attached hydrogen (secondary N) is 3. The summed E-state index contributed by atoms with van der Waals surface area (Å²) in [6, 6.07) is 20.5. The van der Waals surface area contributed by atoms with Crippen molar-refractivity contribution in [3.8, 4) is 0 Å². The predicted molar refractivity (Wildman–Crippen MR) is 122 cm³/mol. The predicted octanol–water partition coefficient (Wildman–Crippen LogP) is 2.79. The maximum atomic E-state index is 12.6. The van der Waals surface area contributed by atoms with Crippen LogP contribution < -0.4 is 15.6 Å². The fourth-order valence-corrected chi connectivity index (χ4v) is 4.07. The first-order valence-corrected chi connectivity index (χ1v) is 11.5. The third kappa shape index (κ3) is 6.26. The quantitative estimate of drug-likeness (QED) is 0.481. The van der Waals surface area contributed by atoms with E-state index in [9.17, 15) is 18.0 Å². The van der Waals surface area contributed by atoms with Crippen molar-refractivity contribution >= 4 is 21.8 Å². The Morgan fingerprint density at radius 3 is 2.25 bits per heavy atom. The molecule has 0 aromatic heterocycles. The number of hydrazine groups is 1. The average Bonchev–Trinajstić information content (AvgIpc) is 2.79. The zero-order valence-electron chi connectivity index (χ0n) is 17.9. The maximum absolute atomic E-state index is 12.6. The van der Waals surface area contributed by atoms with Crippen LogP contribution in [0.4, 0.5) is 0 Å². The maximum Gasteiger partial charge on any atom is 0.269 e. The van der Waals surface area contributed by atoms with Crippen LogP contribution in [0.5, 0.6) is 0 Å². The van der Waals surface area contributed by atoms with Gasteiger partial charge in [0.1, 0.15) is 0 Å². The molecule has 0 radical (unpaired) electrons. The summed E-state index contributed by atoms with van der Waals surface area (Å²) in [4.78, 5) is 24.5. The van der Waals surface area contributed by atoms with Gasteiger partial charge in [-0.2, -0.15) is 0 Å². The fourth-order valence-electron chi connectivity index (χ4n) is 3.00. The molecule has 0 fully saturated rings. The Morgan fingerprint density at radius 2 is 1.53 bits per heavy atom. The lowest BCUT2D eigenvalue weighted by molar-refractivity contribution is -0.121. The van der Waals surface area contributed by atoms with Crippen LogP contribution >= 0.6 is 0 Å². The van der Waals surface area contributed by atoms with Crippen molar-refractivity contribution in [1.29, 1.82) is 0 Å². The van der Waals surface area contributed by atoms with Gasteiger partial charge in [-0.3, -0.25) is 20.4 Å². The highest BCUT2D eigenvalue weighted by atomic mass is 32.2. The molecule has 0 aliphatic rings. The van der Waals surface area contributed by atoms with Gasteiger partial charge in [0.2, 0.25) is 15.9 Å². The van der Waals surface area contributed by atoms with Crippen molar-refractivity contribution < 1.29 is 18.0 Å². The Morgan fingerprint density at radius 1 is 0.781 bits per heavy atom. The highest BCUT2D eigenvalue weighted by molar-refractivity contribution is 7.89. The molecule has 0 saturated heterocycles. The first-order chi connectivity index (χ1) is 15.2. The van der Waals surface area contributed by atoms with Crippen LogP contribution in [0.1, 0.15) is 32.6 Å². The molecule has 0 atom stereocenters. The van der Waals surface area contributed by atoms with Gasteiger partial charge in [0.15, 0.2) is 0 Å². The second kappa shape index (κ2) is 10.2. The summed E-state index contributed by atoms with van der Waals surface area (Å²) in [6.07, 6.45) is 0.110. The molecule has 166 valence electrons. The van der Waals surface area contributed by atoms with Gasteiger partial charge >= 0.3 is 0 Å². The van der Waals surface area contributed by atoms with Crippen LogP contribution in [-0.4, -0.2) is 20.2 Å². The second-order valence-electron chi connectivity index (χ2n) is 7.44. The van der Waals surface area contributed by atoms with Gasteiger partial charge in [-0.1, -0.05) is 54.6 Å². The lowest BCUT2D eigenvalue weighted by Gasteiger charge is -2.10. The Labute approximate surface area is 187 Å². The highest BCUT2D eigenvalue weighted by Gasteiger charge is 2.16. The molecule has 2 amide bonds. The van der Waals surface area contributed by atoms with Crippen LogP contribution in [0.2, 0.25) is 0 Å². The Balaban J connectivity index is 1.59.